The Kier molecular flexibility index (Phi) is 5.11. The van der Waals surface area contributed by atoms with E-state index in [0.29, 0.717) is 0 Å². The molecule has 0 unspecified atom stereocenters. The number of carbonyl (C=O) groups is 1. The van der Waals surface area contributed by atoms with E-state index >= 15 is 0 Å². The molecular weight excluding hydrogens is 400 g/mol. The molecule has 0 bridgehead atoms. The Morgan fingerprint density at radius 3 is 2.29 bits per heavy atom. The van der Waals surface area contributed by atoms with Crippen molar-refractivity contribution in [3.8, 4) is 0 Å². The van der Waals surface area contributed by atoms with E-state index in [1.807, 2.05) is 31.2 Å². The summed E-state index contributed by atoms with van der Waals surface area (Å²) in [4.78, 5) is 12.4. The second kappa shape index (κ2) is 6.98. The van der Waals surface area contributed by atoms with Crippen LogP contribution in [-0.2, 0) is 31.4 Å². The molecule has 1 fully saturated rings. The molecule has 1 aliphatic rings. The van der Waals surface area contributed by atoms with Gasteiger partial charge in [-0.1, -0.05) is 29.8 Å². The molecule has 1 amide bonds. The van der Waals surface area contributed by atoms with Gasteiger partial charge in [-0.25, -0.2) is 25.9 Å². The van der Waals surface area contributed by atoms with Gasteiger partial charge in [0, 0.05) is 6.54 Å². The normalized spacial score (nSPS) is 18.4. The lowest BCUT2D eigenvalue weighted by Crippen LogP contribution is -2.33. The number of aryl methyl sites for hydroxylation is 1. The summed E-state index contributed by atoms with van der Waals surface area (Å²) in [6, 6.07) is 12.7. The zero-order valence-corrected chi connectivity index (χ0v) is 17.5. The average molecular weight is 423 g/mol. The van der Waals surface area contributed by atoms with Gasteiger partial charge < -0.3 is 0 Å². The van der Waals surface area contributed by atoms with Crippen molar-refractivity contribution in [2.45, 2.75) is 32.2 Å². The van der Waals surface area contributed by atoms with Gasteiger partial charge in [0.2, 0.25) is 26.0 Å². The number of benzene rings is 2. The van der Waals surface area contributed by atoms with Gasteiger partial charge in [0.05, 0.1) is 21.8 Å². The van der Waals surface area contributed by atoms with Gasteiger partial charge in [0.25, 0.3) is 0 Å². The van der Waals surface area contributed by atoms with Crippen molar-refractivity contribution in [3.63, 3.8) is 0 Å². The number of sulfonamides is 2. The predicted molar refractivity (Wildman–Crippen MR) is 107 cm³/mol. The molecule has 0 atom stereocenters. The van der Waals surface area contributed by atoms with Crippen molar-refractivity contribution >= 4 is 31.6 Å². The lowest BCUT2D eigenvalue weighted by Gasteiger charge is -2.17. The number of nitrogens with one attached hydrogen (secondary N) is 1. The van der Waals surface area contributed by atoms with Gasteiger partial charge in [-0.05, 0) is 50.6 Å². The summed E-state index contributed by atoms with van der Waals surface area (Å²) in [5.41, 5.74) is 0.976. The molecule has 0 spiro atoms. The van der Waals surface area contributed by atoms with Crippen LogP contribution in [0, 0.1) is 12.3 Å². The summed E-state index contributed by atoms with van der Waals surface area (Å²) in [7, 11) is -7.56. The smallest absolute Gasteiger partial charge is 0.247 e. The molecule has 0 saturated carbocycles. The van der Waals surface area contributed by atoms with Crippen LogP contribution in [0.3, 0.4) is 0 Å². The minimum absolute atomic E-state index is 0.00722. The highest BCUT2D eigenvalue weighted by molar-refractivity contribution is 7.94. The van der Waals surface area contributed by atoms with Crippen LogP contribution in [0.5, 0.6) is 0 Å². The molecule has 7 nitrogen and oxygen atoms in total. The maximum Gasteiger partial charge on any atom is 0.247 e. The number of carbonyl (C=O) groups excluding carboxylic acids is 1. The van der Waals surface area contributed by atoms with Crippen molar-refractivity contribution < 1.29 is 21.6 Å². The number of nitrogens with zero attached hydrogens (tertiary/aromatic N) is 1. The van der Waals surface area contributed by atoms with Crippen molar-refractivity contribution in [3.05, 3.63) is 59.7 Å². The van der Waals surface area contributed by atoms with E-state index in [4.69, 9.17) is 0 Å². The lowest BCUT2D eigenvalue weighted by molar-refractivity contribution is -0.123. The second-order valence-corrected chi connectivity index (χ2v) is 11.1. The quantitative estimate of drug-likeness (QED) is 0.796. The van der Waals surface area contributed by atoms with E-state index in [1.165, 1.54) is 24.3 Å². The average Bonchev–Trinajstić information content (AvgIpc) is 2.76. The SMILES string of the molecule is Cc1cccc(CNS(=O)(=O)c2ccc(N3C(=O)C(C)(C)CS3(=O)=O)cc2)c1. The van der Waals surface area contributed by atoms with E-state index in [0.717, 1.165) is 15.4 Å². The Bertz CT molecular complexity index is 1120. The van der Waals surface area contributed by atoms with Crippen LogP contribution in [-0.4, -0.2) is 28.5 Å². The molecule has 1 heterocycles. The fourth-order valence-electron chi connectivity index (χ4n) is 3.11. The molecule has 9 heteroatoms. The maximum absolute atomic E-state index is 12.5. The number of rotatable bonds is 5. The Morgan fingerprint density at radius 2 is 1.75 bits per heavy atom. The summed E-state index contributed by atoms with van der Waals surface area (Å²) < 4.78 is 53.0. The molecular formula is C19H22N2O5S2. The summed E-state index contributed by atoms with van der Waals surface area (Å²) in [5.74, 6) is -0.808. The van der Waals surface area contributed by atoms with Gasteiger partial charge >= 0.3 is 0 Å². The van der Waals surface area contributed by atoms with Crippen LogP contribution < -0.4 is 9.03 Å². The first-order chi connectivity index (χ1) is 12.9. The molecule has 150 valence electrons. The fraction of sp³-hybridized carbons (Fsp3) is 0.316. The minimum atomic E-state index is -3.78. The van der Waals surface area contributed by atoms with Crippen LogP contribution in [0.25, 0.3) is 0 Å². The van der Waals surface area contributed by atoms with Crippen LogP contribution in [0.15, 0.2) is 53.4 Å². The van der Waals surface area contributed by atoms with Crippen LogP contribution >= 0.6 is 0 Å². The minimum Gasteiger partial charge on any atom is -0.273 e. The molecule has 0 aliphatic carbocycles. The number of hydrogen-bond donors (Lipinski definition) is 1. The molecule has 2 aromatic rings. The standard InChI is InChI=1S/C19H22N2O5S2/c1-14-5-4-6-15(11-14)12-20-28(25,26)17-9-7-16(8-10-17)21-18(22)19(2,3)13-27(21,23)24/h4-11,20H,12-13H2,1-3H3. The van der Waals surface area contributed by atoms with Crippen molar-refractivity contribution in [1.82, 2.24) is 4.72 Å². The van der Waals surface area contributed by atoms with Crippen molar-refractivity contribution in [1.29, 1.82) is 0 Å². The van der Waals surface area contributed by atoms with E-state index in [9.17, 15) is 21.6 Å². The highest BCUT2D eigenvalue weighted by Crippen LogP contribution is 2.35. The summed E-state index contributed by atoms with van der Waals surface area (Å²) in [6.45, 7) is 5.20. The van der Waals surface area contributed by atoms with Gasteiger partial charge in [0.15, 0.2) is 0 Å². The van der Waals surface area contributed by atoms with Gasteiger partial charge in [-0.2, -0.15) is 0 Å². The van der Waals surface area contributed by atoms with E-state index in [2.05, 4.69) is 4.72 Å². The largest absolute Gasteiger partial charge is 0.273 e. The lowest BCUT2D eigenvalue weighted by atomic mass is 9.95. The fourth-order valence-corrected chi connectivity index (χ4v) is 6.23. The summed E-state index contributed by atoms with van der Waals surface area (Å²) in [5, 5.41) is 0. The predicted octanol–water partition coefficient (Wildman–Crippen LogP) is 2.18. The first-order valence-electron chi connectivity index (χ1n) is 8.65. The van der Waals surface area contributed by atoms with Crippen LogP contribution in [0.2, 0.25) is 0 Å². The Labute approximate surface area is 165 Å². The van der Waals surface area contributed by atoms with E-state index in [-0.39, 0.29) is 22.9 Å². The van der Waals surface area contributed by atoms with Gasteiger partial charge in [-0.15, -0.1) is 0 Å². The van der Waals surface area contributed by atoms with Crippen molar-refractivity contribution in [2.24, 2.45) is 5.41 Å². The first-order valence-corrected chi connectivity index (χ1v) is 11.7. The number of anilines is 1. The molecule has 1 N–H and O–H groups in total. The van der Waals surface area contributed by atoms with E-state index in [1.54, 1.807) is 13.8 Å². The van der Waals surface area contributed by atoms with Gasteiger partial charge in [-0.3, -0.25) is 4.79 Å². The Morgan fingerprint density at radius 1 is 1.11 bits per heavy atom. The maximum atomic E-state index is 12.5. The van der Waals surface area contributed by atoms with Crippen LogP contribution in [0.1, 0.15) is 25.0 Å². The molecule has 1 saturated heterocycles. The third-order valence-corrected chi connectivity index (χ3v) is 7.95. The third-order valence-electron chi connectivity index (χ3n) is 4.52. The second-order valence-electron chi connectivity index (χ2n) is 7.52. The Balaban J connectivity index is 1.81. The van der Waals surface area contributed by atoms with E-state index < -0.39 is 31.4 Å². The highest BCUT2D eigenvalue weighted by atomic mass is 32.2. The summed E-state index contributed by atoms with van der Waals surface area (Å²) in [6.07, 6.45) is 0. The third kappa shape index (κ3) is 3.96. The molecule has 1 aliphatic heterocycles. The van der Waals surface area contributed by atoms with Gasteiger partial charge in [0.1, 0.15) is 0 Å². The molecule has 28 heavy (non-hydrogen) atoms. The zero-order chi connectivity index (χ0) is 20.7. The zero-order valence-electron chi connectivity index (χ0n) is 15.8. The number of amides is 1. The highest BCUT2D eigenvalue weighted by Gasteiger charge is 2.49. The summed E-state index contributed by atoms with van der Waals surface area (Å²) >= 11 is 0. The van der Waals surface area contributed by atoms with Crippen LogP contribution in [0.4, 0.5) is 5.69 Å². The monoisotopic (exact) mass is 422 g/mol. The molecule has 0 aromatic heterocycles. The topological polar surface area (TPSA) is 101 Å². The Hall–Kier alpha value is -2.23. The molecule has 3 rings (SSSR count). The molecule has 2 aromatic carbocycles. The first kappa shape index (κ1) is 20.5. The van der Waals surface area contributed by atoms with Crippen molar-refractivity contribution in [2.75, 3.05) is 10.1 Å². The number of hydrogen-bond acceptors (Lipinski definition) is 5. The molecule has 0 radical (unpaired) electrons.